The van der Waals surface area contributed by atoms with Crippen LogP contribution < -0.4 is 15.0 Å². The summed E-state index contributed by atoms with van der Waals surface area (Å²) in [5.41, 5.74) is -0.102. The predicted molar refractivity (Wildman–Crippen MR) is 128 cm³/mol. The molecule has 0 spiro atoms. The Balaban J connectivity index is 1.13. The van der Waals surface area contributed by atoms with Gasteiger partial charge in [0.2, 0.25) is 0 Å². The molecule has 1 saturated heterocycles. The van der Waals surface area contributed by atoms with E-state index in [1.807, 2.05) is 0 Å². The molecule has 1 saturated carbocycles. The van der Waals surface area contributed by atoms with E-state index in [4.69, 9.17) is 16.3 Å². The van der Waals surface area contributed by atoms with E-state index in [0.29, 0.717) is 60.8 Å². The van der Waals surface area contributed by atoms with Gasteiger partial charge in [0.25, 0.3) is 5.91 Å². The minimum absolute atomic E-state index is 0.0163. The molecule has 0 unspecified atom stereocenters. The van der Waals surface area contributed by atoms with Gasteiger partial charge in [-0.1, -0.05) is 11.6 Å². The molecule has 3 aliphatic rings. The van der Waals surface area contributed by atoms with E-state index in [1.54, 1.807) is 23.1 Å². The molecular formula is C25H26ClF3N4O4. The molecule has 37 heavy (non-hydrogen) atoms. The van der Waals surface area contributed by atoms with E-state index in [2.05, 4.69) is 10.3 Å². The second-order valence-corrected chi connectivity index (χ2v) is 10.0. The first-order valence-electron chi connectivity index (χ1n) is 12.2. The average molecular weight is 539 g/mol. The smallest absolute Gasteiger partial charge is 0.433 e. The van der Waals surface area contributed by atoms with Crippen LogP contribution in [-0.4, -0.2) is 58.2 Å². The number of ether oxygens (including phenoxy) is 1. The molecule has 3 amide bonds. The summed E-state index contributed by atoms with van der Waals surface area (Å²) in [4.78, 5) is 32.5. The van der Waals surface area contributed by atoms with Crippen molar-refractivity contribution in [1.29, 1.82) is 0 Å². The lowest BCUT2D eigenvalue weighted by Crippen LogP contribution is -2.49. The number of carbonyl (C=O) groups excluding carboxylic acids is 2. The van der Waals surface area contributed by atoms with Crippen LogP contribution in [0.2, 0.25) is 5.02 Å². The molecule has 198 valence electrons. The number of aromatic nitrogens is 1. The summed E-state index contributed by atoms with van der Waals surface area (Å²) in [6, 6.07) is 6.71. The molecule has 2 aromatic rings. The molecule has 1 aliphatic carbocycles. The highest BCUT2D eigenvalue weighted by Gasteiger charge is 2.39. The van der Waals surface area contributed by atoms with Crippen LogP contribution in [0.4, 0.5) is 23.7 Å². The molecule has 3 heterocycles. The van der Waals surface area contributed by atoms with Crippen molar-refractivity contribution in [3.63, 3.8) is 0 Å². The summed E-state index contributed by atoms with van der Waals surface area (Å²) in [6.07, 6.45) is -2.27. The van der Waals surface area contributed by atoms with Crippen LogP contribution in [0.3, 0.4) is 0 Å². The maximum absolute atomic E-state index is 13.0. The number of aliphatic hydroxyl groups is 1. The lowest BCUT2D eigenvalue weighted by atomic mass is 9.90. The van der Waals surface area contributed by atoms with Crippen molar-refractivity contribution >= 4 is 29.2 Å². The summed E-state index contributed by atoms with van der Waals surface area (Å²) in [5, 5.41) is 13.9. The van der Waals surface area contributed by atoms with Gasteiger partial charge in [-0.3, -0.25) is 9.69 Å². The minimum Gasteiger partial charge on any atom is -0.480 e. The average Bonchev–Trinajstić information content (AvgIpc) is 3.25. The number of carbonyl (C=O) groups is 2. The SMILES string of the molecule is O=C(NC1CCC(N2CCN(c3ccc(C(F)(F)F)nc3)C2=O)CC1)[C@@H]1C[C@@H](O)c2cc(Cl)ccc2O1. The Kier molecular flexibility index (Phi) is 6.93. The fraction of sp³-hybridized carbons (Fsp3) is 0.480. The third kappa shape index (κ3) is 5.33. The number of halogens is 4. The number of fused-ring (bicyclic) bond motifs is 1. The first-order valence-corrected chi connectivity index (χ1v) is 12.5. The van der Waals surface area contributed by atoms with E-state index in [9.17, 15) is 27.9 Å². The van der Waals surface area contributed by atoms with Gasteiger partial charge >= 0.3 is 12.2 Å². The predicted octanol–water partition coefficient (Wildman–Crippen LogP) is 4.31. The molecule has 1 aromatic heterocycles. The lowest BCUT2D eigenvalue weighted by molar-refractivity contribution is -0.141. The number of rotatable bonds is 4. The second kappa shape index (κ2) is 10.0. The van der Waals surface area contributed by atoms with E-state index in [-0.39, 0.29) is 30.4 Å². The highest BCUT2D eigenvalue weighted by atomic mass is 35.5. The van der Waals surface area contributed by atoms with Crippen molar-refractivity contribution in [2.45, 2.75) is 62.6 Å². The number of hydrogen-bond donors (Lipinski definition) is 2. The Labute approximate surface area is 216 Å². The summed E-state index contributed by atoms with van der Waals surface area (Å²) >= 11 is 5.98. The van der Waals surface area contributed by atoms with Crippen molar-refractivity contribution in [2.75, 3.05) is 18.0 Å². The summed E-state index contributed by atoms with van der Waals surface area (Å²) < 4.78 is 44.2. The number of urea groups is 1. The Morgan fingerprint density at radius 3 is 2.57 bits per heavy atom. The molecule has 2 atom stereocenters. The van der Waals surface area contributed by atoms with E-state index in [0.717, 1.165) is 12.3 Å². The minimum atomic E-state index is -4.53. The quantitative estimate of drug-likeness (QED) is 0.605. The topological polar surface area (TPSA) is 95.0 Å². The molecule has 5 rings (SSSR count). The van der Waals surface area contributed by atoms with Crippen LogP contribution in [0, 0.1) is 0 Å². The van der Waals surface area contributed by atoms with Gasteiger partial charge < -0.3 is 20.1 Å². The zero-order valence-electron chi connectivity index (χ0n) is 19.7. The maximum atomic E-state index is 13.0. The van der Waals surface area contributed by atoms with Crippen LogP contribution in [0.1, 0.15) is 49.5 Å². The standard InChI is InChI=1S/C25H26ClF3N4O4/c26-14-1-7-20-18(11-14)19(34)12-21(37-20)23(35)31-15-2-4-16(5-3-15)32-9-10-33(24(32)36)17-6-8-22(30-13-17)25(27,28)29/h1,6-8,11,13,15-16,19,21,34H,2-5,9-10,12H2,(H,31,35)/t15?,16?,19-,21+/m1/s1. The molecule has 0 bridgehead atoms. The Bertz CT molecular complexity index is 1170. The molecule has 2 aliphatic heterocycles. The normalized spacial score (nSPS) is 26.0. The Morgan fingerprint density at radius 1 is 1.14 bits per heavy atom. The van der Waals surface area contributed by atoms with Crippen LogP contribution >= 0.6 is 11.6 Å². The number of pyridine rings is 1. The van der Waals surface area contributed by atoms with Crippen molar-refractivity contribution < 1.29 is 32.6 Å². The zero-order chi connectivity index (χ0) is 26.3. The van der Waals surface area contributed by atoms with Crippen molar-refractivity contribution in [1.82, 2.24) is 15.2 Å². The van der Waals surface area contributed by atoms with Gasteiger partial charge in [0.1, 0.15) is 11.4 Å². The second-order valence-electron chi connectivity index (χ2n) is 9.58. The van der Waals surface area contributed by atoms with E-state index >= 15 is 0 Å². The molecular weight excluding hydrogens is 513 g/mol. The van der Waals surface area contributed by atoms with Gasteiger partial charge in [-0.25, -0.2) is 9.78 Å². The molecule has 1 aromatic carbocycles. The molecule has 2 N–H and O–H groups in total. The number of amides is 3. The van der Waals surface area contributed by atoms with Gasteiger partial charge in [-0.2, -0.15) is 13.2 Å². The number of aliphatic hydroxyl groups excluding tert-OH is 1. The third-order valence-electron chi connectivity index (χ3n) is 7.20. The van der Waals surface area contributed by atoms with Gasteiger partial charge in [0.15, 0.2) is 6.10 Å². The van der Waals surface area contributed by atoms with Crippen LogP contribution in [-0.2, 0) is 11.0 Å². The molecule has 8 nitrogen and oxygen atoms in total. The monoisotopic (exact) mass is 538 g/mol. The first-order chi connectivity index (χ1) is 17.6. The fourth-order valence-corrected chi connectivity index (χ4v) is 5.43. The van der Waals surface area contributed by atoms with Gasteiger partial charge in [-0.05, 0) is 56.0 Å². The number of hydrogen-bond acceptors (Lipinski definition) is 5. The van der Waals surface area contributed by atoms with Crippen LogP contribution in [0.25, 0.3) is 0 Å². The summed E-state index contributed by atoms with van der Waals surface area (Å²) in [6.45, 7) is 0.843. The Hall–Kier alpha value is -3.05. The van der Waals surface area contributed by atoms with Gasteiger partial charge in [-0.15, -0.1) is 0 Å². The Morgan fingerprint density at radius 2 is 1.89 bits per heavy atom. The number of anilines is 1. The number of nitrogens with zero attached hydrogens (tertiary/aromatic N) is 3. The fourth-order valence-electron chi connectivity index (χ4n) is 5.25. The first kappa shape index (κ1) is 25.6. The van der Waals surface area contributed by atoms with E-state index in [1.165, 1.54) is 11.0 Å². The maximum Gasteiger partial charge on any atom is 0.433 e. The summed E-state index contributed by atoms with van der Waals surface area (Å²) in [7, 11) is 0. The van der Waals surface area contributed by atoms with Crippen molar-refractivity contribution in [3.8, 4) is 5.75 Å². The molecule has 0 radical (unpaired) electrons. The number of benzene rings is 1. The number of nitrogens with one attached hydrogen (secondary N) is 1. The highest BCUT2D eigenvalue weighted by Crippen LogP contribution is 2.37. The largest absolute Gasteiger partial charge is 0.480 e. The molecule has 2 fully saturated rings. The highest BCUT2D eigenvalue weighted by molar-refractivity contribution is 6.30. The van der Waals surface area contributed by atoms with Gasteiger partial charge in [0.05, 0.1) is 18.0 Å². The van der Waals surface area contributed by atoms with E-state index < -0.39 is 24.1 Å². The molecule has 12 heteroatoms. The third-order valence-corrected chi connectivity index (χ3v) is 7.44. The van der Waals surface area contributed by atoms with Gasteiger partial charge in [0, 0.05) is 42.2 Å². The zero-order valence-corrected chi connectivity index (χ0v) is 20.5. The van der Waals surface area contributed by atoms with Crippen LogP contribution in [0.15, 0.2) is 36.5 Å². The lowest BCUT2D eigenvalue weighted by Gasteiger charge is -2.35. The van der Waals surface area contributed by atoms with Crippen molar-refractivity contribution in [3.05, 3.63) is 52.8 Å². The summed E-state index contributed by atoms with van der Waals surface area (Å²) in [5.74, 6) is 0.147. The number of alkyl halides is 3. The van der Waals surface area contributed by atoms with Crippen molar-refractivity contribution in [2.24, 2.45) is 0 Å². The van der Waals surface area contributed by atoms with Crippen LogP contribution in [0.5, 0.6) is 5.75 Å².